The summed E-state index contributed by atoms with van der Waals surface area (Å²) >= 11 is 13.3. The number of thioether (sulfide) groups is 1. The second-order valence-corrected chi connectivity index (χ2v) is 5.95. The SMILES string of the molecule is OC[C@H](O)CSCc1cn(-c2ccc(Cl)c(Cl)c2)nn1. The summed E-state index contributed by atoms with van der Waals surface area (Å²) in [7, 11) is 0. The Morgan fingerprint density at radius 1 is 1.30 bits per heavy atom. The predicted molar refractivity (Wildman–Crippen MR) is 80.6 cm³/mol. The first-order valence-corrected chi connectivity index (χ1v) is 7.74. The summed E-state index contributed by atoms with van der Waals surface area (Å²) in [5.41, 5.74) is 1.56. The molecule has 0 amide bonds. The van der Waals surface area contributed by atoms with E-state index in [0.29, 0.717) is 21.6 Å². The van der Waals surface area contributed by atoms with Crippen LogP contribution in [0.1, 0.15) is 5.69 Å². The van der Waals surface area contributed by atoms with Crippen LogP contribution >= 0.6 is 35.0 Å². The largest absolute Gasteiger partial charge is 0.394 e. The van der Waals surface area contributed by atoms with E-state index in [0.717, 1.165) is 11.4 Å². The number of benzene rings is 1. The molecule has 0 radical (unpaired) electrons. The molecule has 1 heterocycles. The molecule has 1 aromatic carbocycles. The fourth-order valence-corrected chi connectivity index (χ4v) is 2.60. The fourth-order valence-electron chi connectivity index (χ4n) is 1.47. The molecule has 0 unspecified atom stereocenters. The molecule has 0 aliphatic carbocycles. The lowest BCUT2D eigenvalue weighted by Gasteiger charge is -2.04. The van der Waals surface area contributed by atoms with E-state index in [4.69, 9.17) is 28.3 Å². The smallest absolute Gasteiger partial charge is 0.0930 e. The van der Waals surface area contributed by atoms with Crippen molar-refractivity contribution in [2.45, 2.75) is 11.9 Å². The minimum absolute atomic E-state index is 0.233. The highest BCUT2D eigenvalue weighted by Gasteiger charge is 2.07. The number of hydrogen-bond donors (Lipinski definition) is 2. The van der Waals surface area contributed by atoms with E-state index >= 15 is 0 Å². The van der Waals surface area contributed by atoms with Crippen LogP contribution in [0.3, 0.4) is 0 Å². The molecule has 0 fully saturated rings. The van der Waals surface area contributed by atoms with Gasteiger partial charge in [-0.05, 0) is 18.2 Å². The molecule has 1 atom stereocenters. The average molecular weight is 334 g/mol. The van der Waals surface area contributed by atoms with Gasteiger partial charge in [-0.3, -0.25) is 0 Å². The predicted octanol–water partition coefficient (Wildman–Crippen LogP) is 2.16. The van der Waals surface area contributed by atoms with Crippen molar-refractivity contribution < 1.29 is 10.2 Å². The zero-order chi connectivity index (χ0) is 14.5. The van der Waals surface area contributed by atoms with Crippen molar-refractivity contribution in [3.05, 3.63) is 40.1 Å². The highest BCUT2D eigenvalue weighted by atomic mass is 35.5. The molecule has 0 saturated carbocycles. The molecule has 2 aromatic rings. The Labute approximate surface area is 130 Å². The highest BCUT2D eigenvalue weighted by molar-refractivity contribution is 7.98. The summed E-state index contributed by atoms with van der Waals surface area (Å²) in [4.78, 5) is 0. The van der Waals surface area contributed by atoms with Crippen molar-refractivity contribution in [3.63, 3.8) is 0 Å². The quantitative estimate of drug-likeness (QED) is 0.847. The molecule has 1 aromatic heterocycles. The summed E-state index contributed by atoms with van der Waals surface area (Å²) in [6.07, 6.45) is 1.09. The number of aromatic nitrogens is 3. The molecule has 2 N–H and O–H groups in total. The van der Waals surface area contributed by atoms with E-state index in [-0.39, 0.29) is 6.61 Å². The molecule has 8 heteroatoms. The lowest BCUT2D eigenvalue weighted by Crippen LogP contribution is -2.14. The Balaban J connectivity index is 1.99. The van der Waals surface area contributed by atoms with Gasteiger partial charge in [-0.25, -0.2) is 4.68 Å². The molecule has 5 nitrogen and oxygen atoms in total. The fraction of sp³-hybridized carbons (Fsp3) is 0.333. The van der Waals surface area contributed by atoms with Gasteiger partial charge in [0.05, 0.1) is 40.3 Å². The molecule has 20 heavy (non-hydrogen) atoms. The van der Waals surface area contributed by atoms with Crippen molar-refractivity contribution in [2.75, 3.05) is 12.4 Å². The van der Waals surface area contributed by atoms with Crippen LogP contribution in [-0.4, -0.2) is 43.7 Å². The van der Waals surface area contributed by atoms with Crippen molar-refractivity contribution in [2.24, 2.45) is 0 Å². The summed E-state index contributed by atoms with van der Waals surface area (Å²) in [5.74, 6) is 1.06. The molecule has 0 aliphatic rings. The van der Waals surface area contributed by atoms with Gasteiger partial charge in [-0.1, -0.05) is 28.4 Å². The second-order valence-electron chi connectivity index (χ2n) is 4.10. The third-order valence-electron chi connectivity index (χ3n) is 2.48. The van der Waals surface area contributed by atoms with Gasteiger partial charge in [0.1, 0.15) is 0 Å². The third-order valence-corrected chi connectivity index (χ3v) is 4.34. The number of halogens is 2. The highest BCUT2D eigenvalue weighted by Crippen LogP contribution is 2.24. The Morgan fingerprint density at radius 3 is 2.80 bits per heavy atom. The van der Waals surface area contributed by atoms with Gasteiger partial charge in [-0.15, -0.1) is 5.10 Å². The maximum absolute atomic E-state index is 9.24. The monoisotopic (exact) mass is 333 g/mol. The van der Waals surface area contributed by atoms with E-state index in [9.17, 15) is 5.11 Å². The molecule has 2 rings (SSSR count). The first kappa shape index (κ1) is 15.6. The second kappa shape index (κ2) is 7.28. The van der Waals surface area contributed by atoms with Gasteiger partial charge in [0.15, 0.2) is 0 Å². The van der Waals surface area contributed by atoms with Crippen molar-refractivity contribution >= 4 is 35.0 Å². The molecular weight excluding hydrogens is 321 g/mol. The van der Waals surface area contributed by atoms with Crippen LogP contribution in [0.25, 0.3) is 5.69 Å². The minimum Gasteiger partial charge on any atom is -0.394 e. The third kappa shape index (κ3) is 4.10. The van der Waals surface area contributed by atoms with Gasteiger partial charge >= 0.3 is 0 Å². The van der Waals surface area contributed by atoms with Crippen LogP contribution in [0.15, 0.2) is 24.4 Å². The van der Waals surface area contributed by atoms with E-state index in [1.54, 1.807) is 29.1 Å². The summed E-state index contributed by atoms with van der Waals surface area (Å²) in [6, 6.07) is 5.22. The van der Waals surface area contributed by atoms with E-state index < -0.39 is 6.10 Å². The molecule has 0 bridgehead atoms. The number of aliphatic hydroxyl groups excluding tert-OH is 2. The molecule has 0 aliphatic heterocycles. The van der Waals surface area contributed by atoms with E-state index in [2.05, 4.69) is 10.3 Å². The van der Waals surface area contributed by atoms with Crippen LogP contribution in [0.4, 0.5) is 0 Å². The number of hydrogen-bond acceptors (Lipinski definition) is 5. The van der Waals surface area contributed by atoms with Crippen LogP contribution in [0.5, 0.6) is 0 Å². The van der Waals surface area contributed by atoms with Gasteiger partial charge in [0.2, 0.25) is 0 Å². The lowest BCUT2D eigenvalue weighted by atomic mass is 10.3. The maximum atomic E-state index is 9.24. The Hall–Kier alpha value is -0.790. The van der Waals surface area contributed by atoms with Crippen LogP contribution in [0, 0.1) is 0 Å². The number of rotatable bonds is 6. The normalized spacial score (nSPS) is 12.6. The molecular formula is C12H13Cl2N3O2S. The summed E-state index contributed by atoms with van der Waals surface area (Å²) in [6.45, 7) is -0.233. The van der Waals surface area contributed by atoms with Crippen molar-refractivity contribution in [1.82, 2.24) is 15.0 Å². The summed E-state index contributed by atoms with van der Waals surface area (Å²) in [5, 5.41) is 27.0. The Kier molecular flexibility index (Phi) is 5.68. The summed E-state index contributed by atoms with van der Waals surface area (Å²) < 4.78 is 1.61. The number of aliphatic hydroxyl groups is 2. The zero-order valence-electron chi connectivity index (χ0n) is 10.4. The maximum Gasteiger partial charge on any atom is 0.0930 e. The van der Waals surface area contributed by atoms with Gasteiger partial charge in [0.25, 0.3) is 0 Å². The zero-order valence-corrected chi connectivity index (χ0v) is 12.7. The molecule has 0 saturated heterocycles. The van der Waals surface area contributed by atoms with Crippen LogP contribution in [-0.2, 0) is 5.75 Å². The average Bonchev–Trinajstić information content (AvgIpc) is 2.90. The van der Waals surface area contributed by atoms with Crippen molar-refractivity contribution in [1.29, 1.82) is 0 Å². The standard InChI is InChI=1S/C12H13Cl2N3O2S/c13-11-2-1-9(3-12(11)14)17-4-8(15-16-17)6-20-7-10(19)5-18/h1-4,10,18-19H,5-7H2/t10-/m0/s1. The van der Waals surface area contributed by atoms with Crippen molar-refractivity contribution in [3.8, 4) is 5.69 Å². The molecule has 108 valence electrons. The first-order chi connectivity index (χ1) is 9.60. The van der Waals surface area contributed by atoms with Crippen LogP contribution < -0.4 is 0 Å². The minimum atomic E-state index is -0.704. The lowest BCUT2D eigenvalue weighted by molar-refractivity contribution is 0.113. The first-order valence-electron chi connectivity index (χ1n) is 5.83. The Morgan fingerprint density at radius 2 is 2.10 bits per heavy atom. The van der Waals surface area contributed by atoms with Gasteiger partial charge < -0.3 is 10.2 Å². The topological polar surface area (TPSA) is 71.2 Å². The van der Waals surface area contributed by atoms with E-state index in [1.807, 2.05) is 0 Å². The van der Waals surface area contributed by atoms with E-state index in [1.165, 1.54) is 11.8 Å². The van der Waals surface area contributed by atoms with Crippen LogP contribution in [0.2, 0.25) is 10.0 Å². The number of nitrogens with zero attached hydrogens (tertiary/aromatic N) is 3. The van der Waals surface area contributed by atoms with Gasteiger partial charge in [-0.2, -0.15) is 11.8 Å². The Bertz CT molecular complexity index is 580. The van der Waals surface area contributed by atoms with Gasteiger partial charge in [0, 0.05) is 11.5 Å². The molecule has 0 spiro atoms.